The Balaban J connectivity index is 2.05. The van der Waals surface area contributed by atoms with Gasteiger partial charge >= 0.3 is 6.09 Å². The number of halogens is 1. The number of carbonyl (C=O) groups is 2. The molecular formula is C16H15ClN2O3. The quantitative estimate of drug-likeness (QED) is 0.508. The van der Waals surface area contributed by atoms with E-state index in [9.17, 15) is 9.59 Å². The Bertz CT molecular complexity index is 733. The van der Waals surface area contributed by atoms with Crippen molar-refractivity contribution in [3.8, 4) is 0 Å². The fourth-order valence-corrected chi connectivity index (χ4v) is 2.10. The number of aryl methyl sites for hydroxylation is 1. The van der Waals surface area contributed by atoms with Crippen LogP contribution in [0.4, 0.5) is 10.5 Å². The van der Waals surface area contributed by atoms with Crippen molar-refractivity contribution in [2.75, 3.05) is 5.32 Å². The van der Waals surface area contributed by atoms with Crippen LogP contribution < -0.4 is 5.32 Å². The molecule has 1 aromatic rings. The van der Waals surface area contributed by atoms with Crippen molar-refractivity contribution in [2.45, 2.75) is 20.8 Å². The summed E-state index contributed by atoms with van der Waals surface area (Å²) in [5.74, 6) is -0.0765. The smallest absolute Gasteiger partial charge is 0.297 e. The molecule has 5 nitrogen and oxygen atoms in total. The highest BCUT2D eigenvalue weighted by Gasteiger charge is 2.14. The standard InChI is InChI=1S/C16H15ClN2O3/c1-9-4-5-13(12(17)6-9)18-16(21)22-19-14-7-11(3)15(20)8-10(14)2/h4-8H,1-3H3,(H,18,21). The molecule has 114 valence electrons. The predicted molar refractivity (Wildman–Crippen MR) is 86.2 cm³/mol. The van der Waals surface area contributed by atoms with Crippen LogP contribution >= 0.6 is 11.6 Å². The summed E-state index contributed by atoms with van der Waals surface area (Å²) in [6.07, 6.45) is 2.27. The number of hydrogen-bond acceptors (Lipinski definition) is 4. The summed E-state index contributed by atoms with van der Waals surface area (Å²) in [5.41, 5.74) is 3.03. The Morgan fingerprint density at radius 1 is 1.18 bits per heavy atom. The minimum absolute atomic E-state index is 0.0765. The molecule has 0 spiro atoms. The predicted octanol–water partition coefficient (Wildman–Crippen LogP) is 4.03. The minimum Gasteiger partial charge on any atom is -0.297 e. The van der Waals surface area contributed by atoms with E-state index in [0.29, 0.717) is 27.6 Å². The topological polar surface area (TPSA) is 67.8 Å². The molecule has 0 heterocycles. The second kappa shape index (κ2) is 6.58. The molecular weight excluding hydrogens is 304 g/mol. The zero-order valence-corrected chi connectivity index (χ0v) is 13.2. The van der Waals surface area contributed by atoms with Crippen LogP contribution in [0.2, 0.25) is 5.02 Å². The molecule has 1 aromatic carbocycles. The Kier molecular flexibility index (Phi) is 4.78. The van der Waals surface area contributed by atoms with Crippen LogP contribution in [0.3, 0.4) is 0 Å². The number of rotatable bonds is 2. The third-order valence-electron chi connectivity index (χ3n) is 3.08. The minimum atomic E-state index is -0.756. The molecule has 0 saturated carbocycles. The molecule has 0 fully saturated rings. The van der Waals surface area contributed by atoms with Gasteiger partial charge in [0.25, 0.3) is 0 Å². The van der Waals surface area contributed by atoms with Crippen LogP contribution in [-0.2, 0) is 9.63 Å². The van der Waals surface area contributed by atoms with Gasteiger partial charge in [-0.1, -0.05) is 22.8 Å². The van der Waals surface area contributed by atoms with Gasteiger partial charge in [-0.3, -0.25) is 14.9 Å². The van der Waals surface area contributed by atoms with Gasteiger partial charge in [0.15, 0.2) is 5.78 Å². The molecule has 1 N–H and O–H groups in total. The number of allylic oxidation sites excluding steroid dienone is 4. The molecule has 2 rings (SSSR count). The van der Waals surface area contributed by atoms with Crippen molar-refractivity contribution >= 4 is 34.9 Å². The van der Waals surface area contributed by atoms with Crippen molar-refractivity contribution in [3.63, 3.8) is 0 Å². The number of carbonyl (C=O) groups excluding carboxylic acids is 2. The molecule has 1 aliphatic rings. The van der Waals surface area contributed by atoms with E-state index in [0.717, 1.165) is 5.56 Å². The third kappa shape index (κ3) is 3.83. The normalized spacial score (nSPS) is 16.2. The van der Waals surface area contributed by atoms with Gasteiger partial charge in [-0.2, -0.15) is 0 Å². The molecule has 0 aromatic heterocycles. The average Bonchev–Trinajstić information content (AvgIpc) is 2.44. The maximum atomic E-state index is 11.7. The van der Waals surface area contributed by atoms with Crippen molar-refractivity contribution in [1.82, 2.24) is 0 Å². The van der Waals surface area contributed by atoms with Crippen molar-refractivity contribution in [3.05, 3.63) is 52.1 Å². The summed E-state index contributed by atoms with van der Waals surface area (Å²) >= 11 is 6.02. The van der Waals surface area contributed by atoms with Crippen LogP contribution in [0.5, 0.6) is 0 Å². The molecule has 1 aliphatic carbocycles. The average molecular weight is 319 g/mol. The number of nitrogens with one attached hydrogen (secondary N) is 1. The zero-order chi connectivity index (χ0) is 16.3. The van der Waals surface area contributed by atoms with Crippen LogP contribution in [0, 0.1) is 6.92 Å². The van der Waals surface area contributed by atoms with Gasteiger partial charge in [0.2, 0.25) is 0 Å². The lowest BCUT2D eigenvalue weighted by Gasteiger charge is -2.09. The van der Waals surface area contributed by atoms with Gasteiger partial charge in [-0.25, -0.2) is 4.79 Å². The summed E-state index contributed by atoms with van der Waals surface area (Å²) < 4.78 is 0. The first kappa shape index (κ1) is 16.0. The molecule has 0 bridgehead atoms. The van der Waals surface area contributed by atoms with Crippen molar-refractivity contribution in [2.24, 2.45) is 5.16 Å². The lowest BCUT2D eigenvalue weighted by Crippen LogP contribution is -2.14. The number of anilines is 1. The molecule has 0 unspecified atom stereocenters. The summed E-state index contributed by atoms with van der Waals surface area (Å²) in [7, 11) is 0. The fourth-order valence-electron chi connectivity index (χ4n) is 1.82. The van der Waals surface area contributed by atoms with E-state index < -0.39 is 6.09 Å². The Morgan fingerprint density at radius 3 is 2.59 bits per heavy atom. The summed E-state index contributed by atoms with van der Waals surface area (Å²) in [6.45, 7) is 5.29. The highest BCUT2D eigenvalue weighted by molar-refractivity contribution is 6.33. The maximum Gasteiger partial charge on any atom is 0.437 e. The van der Waals surface area contributed by atoms with Crippen molar-refractivity contribution < 1.29 is 14.4 Å². The maximum absolute atomic E-state index is 11.7. The van der Waals surface area contributed by atoms with Gasteiger partial charge < -0.3 is 0 Å². The number of oxime groups is 1. The number of hydrogen-bond donors (Lipinski definition) is 1. The highest BCUT2D eigenvalue weighted by atomic mass is 35.5. The lowest BCUT2D eigenvalue weighted by atomic mass is 9.99. The summed E-state index contributed by atoms with van der Waals surface area (Å²) in [6, 6.07) is 5.23. The highest BCUT2D eigenvalue weighted by Crippen LogP contribution is 2.22. The second-order valence-electron chi connectivity index (χ2n) is 4.98. The van der Waals surface area contributed by atoms with E-state index in [2.05, 4.69) is 10.5 Å². The van der Waals surface area contributed by atoms with Crippen LogP contribution in [0.1, 0.15) is 19.4 Å². The molecule has 0 saturated heterocycles. The van der Waals surface area contributed by atoms with E-state index in [1.807, 2.05) is 13.0 Å². The summed E-state index contributed by atoms with van der Waals surface area (Å²) in [4.78, 5) is 28.0. The van der Waals surface area contributed by atoms with Gasteiger partial charge in [-0.15, -0.1) is 0 Å². The fraction of sp³-hybridized carbons (Fsp3) is 0.188. The van der Waals surface area contributed by atoms with E-state index in [1.165, 1.54) is 6.08 Å². The van der Waals surface area contributed by atoms with E-state index in [4.69, 9.17) is 16.4 Å². The van der Waals surface area contributed by atoms with Gasteiger partial charge in [-0.05, 0) is 61.8 Å². The summed E-state index contributed by atoms with van der Waals surface area (Å²) in [5, 5.41) is 6.68. The molecule has 0 atom stereocenters. The van der Waals surface area contributed by atoms with Crippen LogP contribution in [0.25, 0.3) is 0 Å². The monoisotopic (exact) mass is 318 g/mol. The third-order valence-corrected chi connectivity index (χ3v) is 3.39. The zero-order valence-electron chi connectivity index (χ0n) is 12.4. The largest absolute Gasteiger partial charge is 0.437 e. The molecule has 22 heavy (non-hydrogen) atoms. The van der Waals surface area contributed by atoms with Crippen LogP contribution in [0.15, 0.2) is 46.7 Å². The van der Waals surface area contributed by atoms with Crippen LogP contribution in [-0.4, -0.2) is 17.6 Å². The lowest BCUT2D eigenvalue weighted by molar-refractivity contribution is -0.111. The first-order valence-corrected chi connectivity index (χ1v) is 6.98. The molecule has 0 radical (unpaired) electrons. The SMILES string of the molecule is CC1=CC(=NOC(=O)Nc2ccc(C)cc2Cl)C(C)=CC1=O. The molecule has 6 heteroatoms. The van der Waals surface area contributed by atoms with E-state index in [1.54, 1.807) is 32.1 Å². The number of amides is 1. The van der Waals surface area contributed by atoms with Gasteiger partial charge in [0.05, 0.1) is 10.7 Å². The number of benzene rings is 1. The van der Waals surface area contributed by atoms with Gasteiger partial charge in [0, 0.05) is 0 Å². The Hall–Kier alpha value is -2.40. The molecule has 1 amide bonds. The first-order chi connectivity index (χ1) is 10.4. The first-order valence-electron chi connectivity index (χ1n) is 6.60. The van der Waals surface area contributed by atoms with Gasteiger partial charge in [0.1, 0.15) is 5.71 Å². The molecule has 0 aliphatic heterocycles. The Labute approximate surface area is 133 Å². The van der Waals surface area contributed by atoms with E-state index >= 15 is 0 Å². The second-order valence-corrected chi connectivity index (χ2v) is 5.39. The Morgan fingerprint density at radius 2 is 1.91 bits per heavy atom. The van der Waals surface area contributed by atoms with Crippen molar-refractivity contribution in [1.29, 1.82) is 0 Å². The number of ketones is 1. The number of nitrogens with zero attached hydrogens (tertiary/aromatic N) is 1. The van der Waals surface area contributed by atoms with E-state index in [-0.39, 0.29) is 5.78 Å².